The Labute approximate surface area is 146 Å². The first kappa shape index (κ1) is 17.5. The van der Waals surface area contributed by atoms with Gasteiger partial charge in [0.25, 0.3) is 10.0 Å². The second kappa shape index (κ2) is 6.53. The molecule has 0 saturated heterocycles. The Hall–Kier alpha value is -2.32. The van der Waals surface area contributed by atoms with Gasteiger partial charge in [-0.15, -0.1) is 11.3 Å². The summed E-state index contributed by atoms with van der Waals surface area (Å²) < 4.78 is 64.7. The standard InChI is InChI=1S/C17H12F3NO2S2/c18-17(19,20)13-6-8-15(9-7-13)25(22,23)21-14-10-16(24-11-14)12-4-2-1-3-5-12/h1-11,21H. The molecule has 1 aromatic heterocycles. The van der Waals surface area contributed by atoms with E-state index in [1.165, 1.54) is 11.3 Å². The molecule has 0 unspecified atom stereocenters. The minimum absolute atomic E-state index is 0.229. The third kappa shape index (κ3) is 4.02. The number of rotatable bonds is 4. The number of alkyl halides is 3. The molecule has 25 heavy (non-hydrogen) atoms. The van der Waals surface area contributed by atoms with Crippen molar-refractivity contribution in [2.24, 2.45) is 0 Å². The molecule has 3 nitrogen and oxygen atoms in total. The first-order chi connectivity index (χ1) is 11.8. The topological polar surface area (TPSA) is 46.2 Å². The maximum atomic E-state index is 12.6. The smallest absolute Gasteiger partial charge is 0.279 e. The molecule has 1 N–H and O–H groups in total. The monoisotopic (exact) mass is 383 g/mol. The second-order valence-corrected chi connectivity index (χ2v) is 7.79. The van der Waals surface area contributed by atoms with Crippen LogP contribution in [0.1, 0.15) is 5.56 Å². The zero-order chi connectivity index (χ0) is 18.1. The summed E-state index contributed by atoms with van der Waals surface area (Å²) in [6.07, 6.45) is -4.51. The molecule has 0 bridgehead atoms. The highest BCUT2D eigenvalue weighted by molar-refractivity contribution is 7.92. The zero-order valence-electron chi connectivity index (χ0n) is 12.6. The molecule has 3 rings (SSSR count). The maximum Gasteiger partial charge on any atom is 0.416 e. The van der Waals surface area contributed by atoms with Crippen molar-refractivity contribution in [2.75, 3.05) is 4.72 Å². The zero-order valence-corrected chi connectivity index (χ0v) is 14.3. The molecule has 130 valence electrons. The number of thiophene rings is 1. The maximum absolute atomic E-state index is 12.6. The Morgan fingerprint density at radius 3 is 2.16 bits per heavy atom. The highest BCUT2D eigenvalue weighted by Gasteiger charge is 2.30. The Morgan fingerprint density at radius 2 is 1.56 bits per heavy atom. The summed E-state index contributed by atoms with van der Waals surface area (Å²) in [6.45, 7) is 0. The molecule has 0 radical (unpaired) electrons. The van der Waals surface area contributed by atoms with Crippen molar-refractivity contribution in [2.45, 2.75) is 11.1 Å². The van der Waals surface area contributed by atoms with Crippen LogP contribution in [-0.2, 0) is 16.2 Å². The van der Waals surface area contributed by atoms with E-state index in [1.807, 2.05) is 30.3 Å². The lowest BCUT2D eigenvalue weighted by Gasteiger charge is -2.09. The largest absolute Gasteiger partial charge is 0.416 e. The van der Waals surface area contributed by atoms with Gasteiger partial charge in [0.05, 0.1) is 16.1 Å². The molecule has 0 saturated carbocycles. The van der Waals surface area contributed by atoms with Crippen LogP contribution in [0.4, 0.5) is 18.9 Å². The molecule has 0 aliphatic heterocycles. The molecule has 0 aliphatic rings. The van der Waals surface area contributed by atoms with Gasteiger partial charge in [0.1, 0.15) is 0 Å². The molecule has 0 fully saturated rings. The van der Waals surface area contributed by atoms with Crippen molar-refractivity contribution >= 4 is 27.0 Å². The first-order valence-electron chi connectivity index (χ1n) is 7.10. The Morgan fingerprint density at radius 1 is 0.920 bits per heavy atom. The van der Waals surface area contributed by atoms with E-state index in [9.17, 15) is 21.6 Å². The van der Waals surface area contributed by atoms with Gasteiger partial charge in [-0.1, -0.05) is 30.3 Å². The lowest BCUT2D eigenvalue weighted by molar-refractivity contribution is -0.137. The molecule has 0 atom stereocenters. The molecule has 3 aromatic rings. The number of sulfonamides is 1. The quantitative estimate of drug-likeness (QED) is 0.670. The van der Waals surface area contributed by atoms with Gasteiger partial charge >= 0.3 is 6.18 Å². The van der Waals surface area contributed by atoms with Gasteiger partial charge in [0, 0.05) is 10.3 Å². The molecule has 0 spiro atoms. The van der Waals surface area contributed by atoms with Gasteiger partial charge in [-0.25, -0.2) is 8.42 Å². The van der Waals surface area contributed by atoms with Crippen LogP contribution in [0, 0.1) is 0 Å². The van der Waals surface area contributed by atoms with Gasteiger partial charge in [-0.2, -0.15) is 13.2 Å². The Bertz CT molecular complexity index is 963. The molecule has 0 amide bonds. The SMILES string of the molecule is O=S(=O)(Nc1csc(-c2ccccc2)c1)c1ccc(C(F)(F)F)cc1. The molecular weight excluding hydrogens is 371 g/mol. The van der Waals surface area contributed by atoms with E-state index in [0.717, 1.165) is 34.7 Å². The molecule has 0 aliphatic carbocycles. The van der Waals surface area contributed by atoms with Crippen LogP contribution in [0.5, 0.6) is 0 Å². The number of nitrogens with one attached hydrogen (secondary N) is 1. The highest BCUT2D eigenvalue weighted by Crippen LogP contribution is 2.32. The fourth-order valence-electron chi connectivity index (χ4n) is 2.18. The van der Waals surface area contributed by atoms with Crippen molar-refractivity contribution in [1.82, 2.24) is 0 Å². The van der Waals surface area contributed by atoms with Crippen molar-refractivity contribution in [3.05, 3.63) is 71.6 Å². The van der Waals surface area contributed by atoms with Crippen LogP contribution in [0.15, 0.2) is 70.9 Å². The fourth-order valence-corrected chi connectivity index (χ4v) is 4.14. The van der Waals surface area contributed by atoms with Crippen molar-refractivity contribution in [3.63, 3.8) is 0 Å². The normalized spacial score (nSPS) is 12.1. The fraction of sp³-hybridized carbons (Fsp3) is 0.0588. The van der Waals surface area contributed by atoms with Gasteiger partial charge in [0.15, 0.2) is 0 Å². The number of halogens is 3. The highest BCUT2D eigenvalue weighted by atomic mass is 32.2. The van der Waals surface area contributed by atoms with Gasteiger partial charge < -0.3 is 0 Å². The summed E-state index contributed by atoms with van der Waals surface area (Å²) in [5.74, 6) is 0. The van der Waals surface area contributed by atoms with Crippen molar-refractivity contribution in [3.8, 4) is 10.4 Å². The van der Waals surface area contributed by atoms with E-state index in [0.29, 0.717) is 5.69 Å². The predicted octanol–water partition coefficient (Wildman–Crippen LogP) is 5.23. The van der Waals surface area contributed by atoms with Crippen LogP contribution in [0.25, 0.3) is 10.4 Å². The van der Waals surface area contributed by atoms with Crippen LogP contribution in [-0.4, -0.2) is 8.42 Å². The summed E-state index contributed by atoms with van der Waals surface area (Å²) >= 11 is 1.37. The third-order valence-electron chi connectivity index (χ3n) is 3.40. The number of anilines is 1. The summed E-state index contributed by atoms with van der Waals surface area (Å²) in [6, 6.07) is 14.5. The van der Waals surface area contributed by atoms with E-state index >= 15 is 0 Å². The summed E-state index contributed by atoms with van der Waals surface area (Å²) in [7, 11) is -3.96. The summed E-state index contributed by atoms with van der Waals surface area (Å²) in [5, 5.41) is 1.64. The molecular formula is C17H12F3NO2S2. The Kier molecular flexibility index (Phi) is 4.57. The predicted molar refractivity (Wildman–Crippen MR) is 92.0 cm³/mol. The minimum Gasteiger partial charge on any atom is -0.279 e. The summed E-state index contributed by atoms with van der Waals surface area (Å²) in [4.78, 5) is 0.652. The lowest BCUT2D eigenvalue weighted by atomic mass is 10.2. The van der Waals surface area contributed by atoms with Gasteiger partial charge in [0.2, 0.25) is 0 Å². The van der Waals surface area contributed by atoms with Gasteiger partial charge in [-0.3, -0.25) is 4.72 Å². The van der Waals surface area contributed by atoms with Crippen molar-refractivity contribution in [1.29, 1.82) is 0 Å². The van der Waals surface area contributed by atoms with Crippen LogP contribution < -0.4 is 4.72 Å². The van der Waals surface area contributed by atoms with Crippen LogP contribution >= 0.6 is 11.3 Å². The minimum atomic E-state index is -4.51. The molecule has 8 heteroatoms. The second-order valence-electron chi connectivity index (χ2n) is 5.19. The van der Waals surface area contributed by atoms with Crippen LogP contribution in [0.3, 0.4) is 0 Å². The first-order valence-corrected chi connectivity index (χ1v) is 9.46. The average molecular weight is 383 g/mol. The van der Waals surface area contributed by atoms with E-state index < -0.39 is 21.8 Å². The number of hydrogen-bond acceptors (Lipinski definition) is 3. The van der Waals surface area contributed by atoms with E-state index in [-0.39, 0.29) is 4.90 Å². The van der Waals surface area contributed by atoms with E-state index in [1.54, 1.807) is 11.4 Å². The third-order valence-corrected chi connectivity index (χ3v) is 5.78. The average Bonchev–Trinajstić information content (AvgIpc) is 3.03. The Balaban J connectivity index is 1.81. The summed E-state index contributed by atoms with van der Waals surface area (Å²) in [5.41, 5.74) is 0.421. The van der Waals surface area contributed by atoms with E-state index in [2.05, 4.69) is 4.72 Å². The molecule has 1 heterocycles. The number of hydrogen-bond donors (Lipinski definition) is 1. The molecule has 2 aromatic carbocycles. The van der Waals surface area contributed by atoms with Crippen LogP contribution in [0.2, 0.25) is 0 Å². The van der Waals surface area contributed by atoms with E-state index in [4.69, 9.17) is 0 Å². The number of benzene rings is 2. The van der Waals surface area contributed by atoms with Gasteiger partial charge in [-0.05, 0) is 35.9 Å². The van der Waals surface area contributed by atoms with Crippen molar-refractivity contribution < 1.29 is 21.6 Å². The lowest BCUT2D eigenvalue weighted by Crippen LogP contribution is -2.13.